The van der Waals surface area contributed by atoms with Crippen LogP contribution >= 0.6 is 0 Å². The molecule has 68 valence electrons. The second-order valence-electron chi connectivity index (χ2n) is 2.39. The zero-order valence-electron chi connectivity index (χ0n) is 6.64. The molecule has 0 aliphatic carbocycles. The molecule has 6 heteroatoms. The van der Waals surface area contributed by atoms with Gasteiger partial charge in [-0.2, -0.15) is 0 Å². The van der Waals surface area contributed by atoms with E-state index in [-0.39, 0.29) is 12.2 Å². The van der Waals surface area contributed by atoms with Gasteiger partial charge in [-0.3, -0.25) is 4.79 Å². The number of hydrogen-bond donors (Lipinski definition) is 1. The number of nitro groups is 1. The lowest BCUT2D eigenvalue weighted by molar-refractivity contribution is -0.389. The fourth-order valence-electron chi connectivity index (χ4n) is 0.846. The van der Waals surface area contributed by atoms with Crippen LogP contribution in [-0.2, 0) is 11.2 Å². The van der Waals surface area contributed by atoms with Crippen molar-refractivity contribution in [1.29, 1.82) is 0 Å². The highest BCUT2D eigenvalue weighted by molar-refractivity contribution is 5.76. The molecule has 0 fully saturated rings. The second-order valence-corrected chi connectivity index (χ2v) is 2.39. The Balaban J connectivity index is 2.91. The van der Waals surface area contributed by atoms with Gasteiger partial charge in [0.15, 0.2) is 5.69 Å². The lowest BCUT2D eigenvalue weighted by Gasteiger charge is -1.93. The van der Waals surface area contributed by atoms with Crippen molar-refractivity contribution in [1.82, 2.24) is 4.98 Å². The lowest BCUT2D eigenvalue weighted by atomic mass is 10.2. The Labute approximate surface area is 73.5 Å². The van der Waals surface area contributed by atoms with Crippen molar-refractivity contribution < 1.29 is 9.72 Å². The van der Waals surface area contributed by atoms with Gasteiger partial charge in [0.2, 0.25) is 5.91 Å². The SMILES string of the molecule is NC(=O)Cc1cccc([N+](=O)[O-])n1. The maximum Gasteiger partial charge on any atom is 0.363 e. The molecule has 1 amide bonds. The Morgan fingerprint density at radius 1 is 1.62 bits per heavy atom. The standard InChI is InChI=1S/C7H7N3O3/c8-6(11)4-5-2-1-3-7(9-5)10(12)13/h1-3H,4H2,(H2,8,11). The van der Waals surface area contributed by atoms with Crippen LogP contribution in [0.15, 0.2) is 18.2 Å². The molecular formula is C7H7N3O3. The van der Waals surface area contributed by atoms with E-state index in [0.717, 1.165) is 0 Å². The predicted octanol–water partition coefficient (Wildman–Crippen LogP) is 0.0176. The highest BCUT2D eigenvalue weighted by atomic mass is 16.6. The number of rotatable bonds is 3. The first-order chi connectivity index (χ1) is 6.09. The summed E-state index contributed by atoms with van der Waals surface area (Å²) in [5, 5.41) is 10.3. The first kappa shape index (κ1) is 9.11. The third kappa shape index (κ3) is 2.51. The van der Waals surface area contributed by atoms with Gasteiger partial charge in [0, 0.05) is 6.07 Å². The number of carbonyl (C=O) groups is 1. The maximum atomic E-state index is 10.5. The van der Waals surface area contributed by atoms with Crippen LogP contribution in [0, 0.1) is 10.1 Å². The highest BCUT2D eigenvalue weighted by Crippen LogP contribution is 2.07. The second kappa shape index (κ2) is 3.61. The molecule has 6 nitrogen and oxygen atoms in total. The average Bonchev–Trinajstić information content (AvgIpc) is 2.03. The molecule has 0 saturated carbocycles. The van der Waals surface area contributed by atoms with E-state index in [1.165, 1.54) is 18.2 Å². The number of aromatic nitrogens is 1. The molecule has 13 heavy (non-hydrogen) atoms. The van der Waals surface area contributed by atoms with E-state index < -0.39 is 10.8 Å². The van der Waals surface area contributed by atoms with E-state index in [9.17, 15) is 14.9 Å². The summed E-state index contributed by atoms with van der Waals surface area (Å²) in [7, 11) is 0. The molecule has 0 aliphatic heterocycles. The number of hydrogen-bond acceptors (Lipinski definition) is 4. The smallest absolute Gasteiger partial charge is 0.363 e. The third-order valence-electron chi connectivity index (χ3n) is 1.33. The van der Waals surface area contributed by atoms with Crippen LogP contribution < -0.4 is 5.73 Å². The van der Waals surface area contributed by atoms with E-state index in [2.05, 4.69) is 4.98 Å². The Morgan fingerprint density at radius 2 is 2.31 bits per heavy atom. The summed E-state index contributed by atoms with van der Waals surface area (Å²) in [5.74, 6) is -0.841. The van der Waals surface area contributed by atoms with Crippen LogP contribution in [0.1, 0.15) is 5.69 Å². The molecule has 0 unspecified atom stereocenters. The normalized spacial score (nSPS) is 9.54. The first-order valence-electron chi connectivity index (χ1n) is 3.48. The molecule has 1 aromatic rings. The van der Waals surface area contributed by atoms with Gasteiger partial charge in [0.25, 0.3) is 0 Å². The van der Waals surface area contributed by atoms with Gasteiger partial charge in [-0.15, -0.1) is 0 Å². The van der Waals surface area contributed by atoms with Gasteiger partial charge in [-0.1, -0.05) is 0 Å². The minimum absolute atomic E-state index is 0.0817. The van der Waals surface area contributed by atoms with Gasteiger partial charge in [-0.25, -0.2) is 0 Å². The van der Waals surface area contributed by atoms with Gasteiger partial charge < -0.3 is 15.8 Å². The zero-order valence-corrected chi connectivity index (χ0v) is 6.64. The summed E-state index contributed by atoms with van der Waals surface area (Å²) in [4.78, 5) is 23.7. The van der Waals surface area contributed by atoms with Gasteiger partial charge in [0.1, 0.15) is 0 Å². The van der Waals surface area contributed by atoms with Crippen molar-refractivity contribution in [2.75, 3.05) is 0 Å². The monoisotopic (exact) mass is 181 g/mol. The zero-order chi connectivity index (χ0) is 9.84. The molecule has 1 aromatic heterocycles. The van der Waals surface area contributed by atoms with Crippen LogP contribution in [0.2, 0.25) is 0 Å². The summed E-state index contributed by atoms with van der Waals surface area (Å²) >= 11 is 0. The van der Waals surface area contributed by atoms with E-state index >= 15 is 0 Å². The first-order valence-corrected chi connectivity index (χ1v) is 3.48. The van der Waals surface area contributed by atoms with Crippen molar-refractivity contribution in [3.63, 3.8) is 0 Å². The molecule has 0 radical (unpaired) electrons. The van der Waals surface area contributed by atoms with Crippen LogP contribution in [0.4, 0.5) is 5.82 Å². The van der Waals surface area contributed by atoms with Crippen molar-refractivity contribution in [3.05, 3.63) is 34.0 Å². The van der Waals surface area contributed by atoms with Crippen molar-refractivity contribution in [3.8, 4) is 0 Å². The maximum absolute atomic E-state index is 10.5. The third-order valence-corrected chi connectivity index (χ3v) is 1.33. The molecule has 0 atom stereocenters. The minimum Gasteiger partial charge on any atom is -0.369 e. The largest absolute Gasteiger partial charge is 0.369 e. The molecule has 0 spiro atoms. The Bertz CT molecular complexity index is 351. The van der Waals surface area contributed by atoms with Crippen molar-refractivity contribution in [2.45, 2.75) is 6.42 Å². The Kier molecular flexibility index (Phi) is 2.53. The number of carbonyl (C=O) groups excluding carboxylic acids is 1. The van der Waals surface area contributed by atoms with Gasteiger partial charge in [-0.05, 0) is 22.0 Å². The predicted molar refractivity (Wildman–Crippen MR) is 43.8 cm³/mol. The summed E-state index contributed by atoms with van der Waals surface area (Å²) in [5.41, 5.74) is 5.21. The fraction of sp³-hybridized carbons (Fsp3) is 0.143. The van der Waals surface area contributed by atoms with E-state index in [4.69, 9.17) is 5.73 Å². The highest BCUT2D eigenvalue weighted by Gasteiger charge is 2.10. The summed E-state index contributed by atoms with van der Waals surface area (Å²) in [6.07, 6.45) is -0.0817. The summed E-state index contributed by atoms with van der Waals surface area (Å²) in [6, 6.07) is 4.23. The number of pyridine rings is 1. The molecular weight excluding hydrogens is 174 g/mol. The summed E-state index contributed by atoms with van der Waals surface area (Å²) < 4.78 is 0. The summed E-state index contributed by atoms with van der Waals surface area (Å²) in [6.45, 7) is 0. The number of nitrogens with zero attached hydrogens (tertiary/aromatic N) is 2. The number of amides is 1. The fourth-order valence-corrected chi connectivity index (χ4v) is 0.846. The van der Waals surface area contributed by atoms with Gasteiger partial charge in [0.05, 0.1) is 6.42 Å². The van der Waals surface area contributed by atoms with Crippen molar-refractivity contribution >= 4 is 11.7 Å². The average molecular weight is 181 g/mol. The Morgan fingerprint density at radius 3 is 2.85 bits per heavy atom. The quantitative estimate of drug-likeness (QED) is 0.524. The van der Waals surface area contributed by atoms with E-state index in [0.29, 0.717) is 5.69 Å². The number of primary amides is 1. The van der Waals surface area contributed by atoms with Crippen LogP contribution in [0.25, 0.3) is 0 Å². The molecule has 2 N–H and O–H groups in total. The van der Waals surface area contributed by atoms with Crippen LogP contribution in [0.3, 0.4) is 0 Å². The minimum atomic E-state index is -0.621. The Hall–Kier alpha value is -1.98. The molecule has 0 aliphatic rings. The molecule has 0 aromatic carbocycles. The van der Waals surface area contributed by atoms with Gasteiger partial charge >= 0.3 is 5.82 Å². The molecule has 1 heterocycles. The molecule has 0 saturated heterocycles. The van der Waals surface area contributed by atoms with Crippen molar-refractivity contribution in [2.24, 2.45) is 5.73 Å². The molecule has 0 bridgehead atoms. The van der Waals surface area contributed by atoms with E-state index in [1.807, 2.05) is 0 Å². The van der Waals surface area contributed by atoms with Crippen LogP contribution in [0.5, 0.6) is 0 Å². The van der Waals surface area contributed by atoms with Crippen LogP contribution in [-0.4, -0.2) is 15.8 Å². The number of nitrogens with two attached hydrogens (primary N) is 1. The molecule has 1 rings (SSSR count). The topological polar surface area (TPSA) is 99.1 Å². The lowest BCUT2D eigenvalue weighted by Crippen LogP contribution is -2.14. The van der Waals surface area contributed by atoms with E-state index in [1.54, 1.807) is 0 Å².